The minimum atomic E-state index is -4.59. The van der Waals surface area contributed by atoms with Gasteiger partial charge in [-0.05, 0) is 65.2 Å². The number of fused-ring (bicyclic) bond motifs is 2. The number of phosphoric acid groups is 1. The Balaban J connectivity index is 0.893. The molecule has 11 rings (SSSR count). The number of phosphoric ester groups is 1. The number of ether oxygens (including phenoxy) is 6. The standard InChI is InChI=1S/C58H55N10O13P/c1-36(69)78-44-28-48(67-34-63-50-52(59-32-61-54(50)67)65-56(70)37-14-8-5-9-15-37)80-47(44)31-77-82(72,75-4)81-45-29-49(68-35-64-51-53(60-33-62-55(51)68)66-57(71)38-16-10-6-11-17-38)79-46(45)30-76-58(39-18-12-7-13-19-39,40-20-24-42(73-2)25-21-40)41-22-26-43(74-3)27-23-41/h5-27,32-35,44-49H,28-31H2,1-4H3,(H,59,61,65,70)(H,60,62,66,71)/t44-,45-,46+,47+,48+,49+,82?/m0/s1. The number of carbonyl (C=O) groups excluding carboxylic acids is 3. The van der Waals surface area contributed by atoms with Crippen molar-refractivity contribution in [1.82, 2.24) is 39.0 Å². The summed E-state index contributed by atoms with van der Waals surface area (Å²) in [7, 11) is -0.218. The number of rotatable bonds is 21. The maximum atomic E-state index is 15.0. The van der Waals surface area contributed by atoms with Crippen molar-refractivity contribution >= 4 is 59.6 Å². The van der Waals surface area contributed by atoms with Crippen LogP contribution in [0.15, 0.2) is 165 Å². The molecule has 24 heteroatoms. The molecular weight excluding hydrogens is 1080 g/mol. The van der Waals surface area contributed by atoms with Crippen molar-refractivity contribution in [2.24, 2.45) is 0 Å². The fourth-order valence-corrected chi connectivity index (χ4v) is 11.2. The first kappa shape index (κ1) is 55.1. The average molecular weight is 1130 g/mol. The summed E-state index contributed by atoms with van der Waals surface area (Å²) in [4.78, 5) is 65.7. The van der Waals surface area contributed by atoms with Crippen molar-refractivity contribution < 1.29 is 60.9 Å². The van der Waals surface area contributed by atoms with Crippen LogP contribution >= 0.6 is 7.82 Å². The van der Waals surface area contributed by atoms with Crippen LogP contribution in [-0.2, 0) is 47.5 Å². The lowest BCUT2D eigenvalue weighted by molar-refractivity contribution is -0.150. The molecule has 2 aliphatic rings. The number of methoxy groups -OCH3 is 2. The summed E-state index contributed by atoms with van der Waals surface area (Å²) in [5.41, 5.74) is 3.00. The van der Waals surface area contributed by atoms with E-state index in [1.165, 1.54) is 39.3 Å². The van der Waals surface area contributed by atoms with Crippen LogP contribution in [0.5, 0.6) is 11.5 Å². The monoisotopic (exact) mass is 1130 g/mol. The Morgan fingerprint density at radius 2 is 1.04 bits per heavy atom. The van der Waals surface area contributed by atoms with Gasteiger partial charge in [0.2, 0.25) is 0 Å². The van der Waals surface area contributed by atoms with Gasteiger partial charge in [-0.3, -0.25) is 37.1 Å². The van der Waals surface area contributed by atoms with Crippen molar-refractivity contribution in [3.8, 4) is 11.5 Å². The zero-order valence-electron chi connectivity index (χ0n) is 44.7. The van der Waals surface area contributed by atoms with E-state index in [4.69, 9.17) is 42.0 Å². The molecule has 0 spiro atoms. The number of carbonyl (C=O) groups is 3. The van der Waals surface area contributed by atoms with Gasteiger partial charge in [0.15, 0.2) is 34.0 Å². The number of benzene rings is 5. The fraction of sp³-hybridized carbons (Fsp3) is 0.259. The van der Waals surface area contributed by atoms with E-state index in [1.807, 2.05) is 84.9 Å². The van der Waals surface area contributed by atoms with Crippen molar-refractivity contribution in [1.29, 1.82) is 0 Å². The second kappa shape index (κ2) is 24.1. The molecule has 2 fully saturated rings. The normalized spacial score (nSPS) is 19.6. The Morgan fingerprint density at radius 3 is 1.50 bits per heavy atom. The molecule has 2 saturated heterocycles. The van der Waals surface area contributed by atoms with Crippen LogP contribution in [0.25, 0.3) is 22.3 Å². The third-order valence-corrected chi connectivity index (χ3v) is 15.5. The van der Waals surface area contributed by atoms with E-state index >= 15 is 4.57 Å². The number of nitrogens with zero attached hydrogens (tertiary/aromatic N) is 8. The zero-order chi connectivity index (χ0) is 56.8. The first-order valence-corrected chi connectivity index (χ1v) is 27.4. The topological polar surface area (TPSA) is 263 Å². The molecule has 0 aliphatic carbocycles. The highest BCUT2D eigenvalue weighted by atomic mass is 31.2. The third kappa shape index (κ3) is 11.4. The first-order chi connectivity index (χ1) is 39.9. The first-order valence-electron chi connectivity index (χ1n) is 26.0. The molecule has 420 valence electrons. The van der Waals surface area contributed by atoms with E-state index in [1.54, 1.807) is 78.0 Å². The molecule has 7 atom stereocenters. The van der Waals surface area contributed by atoms with Crippen LogP contribution in [0.1, 0.15) is 69.6 Å². The maximum Gasteiger partial charge on any atom is 0.474 e. The van der Waals surface area contributed by atoms with E-state index in [0.717, 1.165) is 16.7 Å². The molecule has 82 heavy (non-hydrogen) atoms. The second-order valence-electron chi connectivity index (χ2n) is 19.0. The summed E-state index contributed by atoms with van der Waals surface area (Å²) in [6.45, 7) is 0.645. The van der Waals surface area contributed by atoms with Crippen LogP contribution in [0.2, 0.25) is 0 Å². The number of esters is 1. The summed E-state index contributed by atoms with van der Waals surface area (Å²) >= 11 is 0. The molecule has 9 aromatic rings. The Labute approximate surface area is 469 Å². The summed E-state index contributed by atoms with van der Waals surface area (Å²) in [5.74, 6) is 0.222. The van der Waals surface area contributed by atoms with E-state index < -0.39 is 74.7 Å². The van der Waals surface area contributed by atoms with Gasteiger partial charge in [0, 0.05) is 38.0 Å². The maximum absolute atomic E-state index is 15.0. The molecule has 2 amide bonds. The quantitative estimate of drug-likeness (QED) is 0.0386. The zero-order valence-corrected chi connectivity index (χ0v) is 45.6. The summed E-state index contributed by atoms with van der Waals surface area (Å²) < 4.78 is 74.1. The molecular formula is C58H55N10O13P. The molecule has 2 aliphatic heterocycles. The van der Waals surface area contributed by atoms with Gasteiger partial charge < -0.3 is 39.1 Å². The van der Waals surface area contributed by atoms with Gasteiger partial charge in [-0.25, -0.2) is 34.5 Å². The highest BCUT2D eigenvalue weighted by molar-refractivity contribution is 7.48. The molecule has 5 aromatic carbocycles. The summed E-state index contributed by atoms with van der Waals surface area (Å²) in [5, 5.41) is 5.64. The predicted octanol–water partition coefficient (Wildman–Crippen LogP) is 8.86. The molecule has 23 nitrogen and oxygen atoms in total. The number of hydrogen-bond donors (Lipinski definition) is 2. The van der Waals surface area contributed by atoms with Crippen LogP contribution in [0.3, 0.4) is 0 Å². The number of amides is 2. The highest BCUT2D eigenvalue weighted by Gasteiger charge is 2.48. The lowest BCUT2D eigenvalue weighted by Gasteiger charge is -2.37. The lowest BCUT2D eigenvalue weighted by Crippen LogP contribution is -2.38. The summed E-state index contributed by atoms with van der Waals surface area (Å²) in [6, 6.07) is 42.1. The Hall–Kier alpha value is -8.80. The van der Waals surface area contributed by atoms with E-state index in [2.05, 4.69) is 40.5 Å². The molecule has 0 bridgehead atoms. The van der Waals surface area contributed by atoms with Crippen molar-refractivity contribution in [2.45, 2.75) is 62.2 Å². The lowest BCUT2D eigenvalue weighted by atomic mass is 9.80. The smallest absolute Gasteiger partial charge is 0.474 e. The minimum Gasteiger partial charge on any atom is -0.497 e. The predicted molar refractivity (Wildman–Crippen MR) is 296 cm³/mol. The Bertz CT molecular complexity index is 3700. The number of hydrogen-bond acceptors (Lipinski definition) is 19. The highest BCUT2D eigenvalue weighted by Crippen LogP contribution is 2.54. The molecule has 0 saturated carbocycles. The van der Waals surface area contributed by atoms with E-state index in [9.17, 15) is 14.4 Å². The average Bonchev–Trinajstić information content (AvgIpc) is 4.03. The van der Waals surface area contributed by atoms with Gasteiger partial charge in [0.25, 0.3) is 11.8 Å². The SMILES string of the molecule is COc1ccc(C(OC[C@H]2O[C@@H](n3cnc4c(NC(=O)c5ccccc5)ncnc43)C[C@@H]2OP(=O)(OC)OC[C@H]2O[C@@H](n3cnc4c(NC(=O)c5ccccc5)ncnc43)C[C@@H]2OC(C)=O)(c2ccccc2)c2ccc(OC)cc2)cc1. The fourth-order valence-electron chi connectivity index (χ4n) is 10.1. The van der Waals surface area contributed by atoms with Gasteiger partial charge >= 0.3 is 13.8 Å². The van der Waals surface area contributed by atoms with Crippen LogP contribution in [-0.4, -0.2) is 116 Å². The Morgan fingerprint density at radius 1 is 0.585 bits per heavy atom. The van der Waals surface area contributed by atoms with Gasteiger partial charge in [0.1, 0.15) is 66.6 Å². The van der Waals surface area contributed by atoms with E-state index in [-0.39, 0.29) is 42.1 Å². The number of aromatic nitrogens is 8. The molecule has 2 N–H and O–H groups in total. The van der Waals surface area contributed by atoms with Crippen LogP contribution < -0.4 is 20.1 Å². The molecule has 4 aromatic heterocycles. The summed E-state index contributed by atoms with van der Waals surface area (Å²) in [6.07, 6.45) is -0.0145. The van der Waals surface area contributed by atoms with Crippen molar-refractivity contribution in [3.63, 3.8) is 0 Å². The van der Waals surface area contributed by atoms with Gasteiger partial charge in [-0.15, -0.1) is 0 Å². The third-order valence-electron chi connectivity index (χ3n) is 14.1. The van der Waals surface area contributed by atoms with Gasteiger partial charge in [0.05, 0.1) is 40.1 Å². The molecule has 0 radical (unpaired) electrons. The molecule has 6 heterocycles. The number of nitrogens with one attached hydrogen (secondary N) is 2. The van der Waals surface area contributed by atoms with Crippen LogP contribution in [0, 0.1) is 0 Å². The molecule has 1 unspecified atom stereocenters. The van der Waals surface area contributed by atoms with Crippen LogP contribution in [0.4, 0.5) is 11.6 Å². The minimum absolute atomic E-state index is 0.0245. The number of anilines is 2. The number of imidazole rings is 2. The van der Waals surface area contributed by atoms with Gasteiger partial charge in [-0.2, -0.15) is 0 Å². The second-order valence-corrected chi connectivity index (χ2v) is 20.7. The van der Waals surface area contributed by atoms with Crippen molar-refractivity contribution in [3.05, 3.63) is 193 Å². The largest absolute Gasteiger partial charge is 0.497 e. The van der Waals surface area contributed by atoms with E-state index in [0.29, 0.717) is 33.9 Å². The Kier molecular flexibility index (Phi) is 16.2. The van der Waals surface area contributed by atoms with Gasteiger partial charge in [-0.1, -0.05) is 91.0 Å². The van der Waals surface area contributed by atoms with Crippen molar-refractivity contribution in [2.75, 3.05) is 45.2 Å².